The first-order chi connectivity index (χ1) is 9.57. The van der Waals surface area contributed by atoms with Crippen LogP contribution in [0.2, 0.25) is 12.6 Å². The van der Waals surface area contributed by atoms with E-state index in [-0.39, 0.29) is 6.04 Å². The highest BCUT2D eigenvalue weighted by atomic mass is 28.4. The largest absolute Gasteiger partial charge is 0.500 e. The lowest BCUT2D eigenvalue weighted by atomic mass is 10.5. The van der Waals surface area contributed by atoms with Crippen molar-refractivity contribution in [2.24, 2.45) is 0 Å². The molecule has 0 aromatic heterocycles. The van der Waals surface area contributed by atoms with E-state index in [1.807, 2.05) is 6.55 Å². The van der Waals surface area contributed by atoms with Gasteiger partial charge in [-0.2, -0.15) is 13.2 Å². The second kappa shape index (κ2) is 10.7. The third-order valence-electron chi connectivity index (χ3n) is 2.76. The van der Waals surface area contributed by atoms with Gasteiger partial charge in [0.2, 0.25) is 0 Å². The van der Waals surface area contributed by atoms with Gasteiger partial charge in [-0.25, -0.2) is 0 Å². The summed E-state index contributed by atoms with van der Waals surface area (Å²) < 4.78 is 64.8. The predicted molar refractivity (Wildman–Crippen MR) is 74.9 cm³/mol. The Hall–Kier alpha value is -0.0162. The second-order valence-electron chi connectivity index (χ2n) is 3.89. The van der Waals surface area contributed by atoms with Gasteiger partial charge in [0, 0.05) is 61.7 Å². The molecule has 0 aromatic rings. The highest BCUT2D eigenvalue weighted by molar-refractivity contribution is 6.60. The minimum absolute atomic E-state index is 0.250. The van der Waals surface area contributed by atoms with Crippen LogP contribution in [0.1, 0.15) is 6.42 Å². The summed E-state index contributed by atoms with van der Waals surface area (Å²) in [6.07, 6.45) is -5.15. The monoisotopic (exact) mass is 354 g/mol. The summed E-state index contributed by atoms with van der Waals surface area (Å²) >= 11 is 0. The van der Waals surface area contributed by atoms with Crippen LogP contribution in [0.3, 0.4) is 0 Å². The van der Waals surface area contributed by atoms with Gasteiger partial charge >= 0.3 is 23.8 Å². The fourth-order valence-corrected chi connectivity index (χ4v) is 3.30. The Labute approximate surface area is 126 Å². The summed E-state index contributed by atoms with van der Waals surface area (Å²) in [4.78, 5) is 0. The molecular formula is C10H25F3O6Si2. The minimum atomic E-state index is -4.20. The summed E-state index contributed by atoms with van der Waals surface area (Å²) in [5.41, 5.74) is 0. The third-order valence-corrected chi connectivity index (χ3v) is 7.71. The van der Waals surface area contributed by atoms with Crippen LogP contribution in [0, 0.1) is 0 Å². The second-order valence-corrected chi connectivity index (χ2v) is 9.93. The van der Waals surface area contributed by atoms with Crippen molar-refractivity contribution in [2.45, 2.75) is 25.2 Å². The van der Waals surface area contributed by atoms with Crippen LogP contribution >= 0.6 is 0 Å². The number of halogens is 3. The Bertz CT molecular complexity index is 243. The molecule has 0 radical (unpaired) electrons. The Morgan fingerprint density at radius 1 is 0.714 bits per heavy atom. The van der Waals surface area contributed by atoms with Gasteiger partial charge in [-0.05, 0) is 0 Å². The van der Waals surface area contributed by atoms with Crippen LogP contribution in [-0.4, -0.2) is 66.4 Å². The summed E-state index contributed by atoms with van der Waals surface area (Å²) in [5, 5.41) is 0. The molecule has 130 valence electrons. The molecule has 0 spiro atoms. The average Bonchev–Trinajstić information content (AvgIpc) is 2.48. The number of hydrogen-bond acceptors (Lipinski definition) is 6. The van der Waals surface area contributed by atoms with E-state index in [0.717, 1.165) is 0 Å². The Kier molecular flexibility index (Phi) is 11.8. The van der Waals surface area contributed by atoms with Gasteiger partial charge in [0.1, 0.15) is 0 Å². The van der Waals surface area contributed by atoms with Gasteiger partial charge in [0.25, 0.3) is 0 Å². The van der Waals surface area contributed by atoms with E-state index in [9.17, 15) is 13.2 Å². The van der Waals surface area contributed by atoms with E-state index in [0.29, 0.717) is 0 Å². The first kappa shape index (κ1) is 23.3. The lowest BCUT2D eigenvalue weighted by molar-refractivity contribution is -0.132. The van der Waals surface area contributed by atoms with Crippen molar-refractivity contribution in [3.63, 3.8) is 0 Å². The minimum Gasteiger partial charge on any atom is -0.377 e. The molecule has 0 saturated carbocycles. The third kappa shape index (κ3) is 10.4. The summed E-state index contributed by atoms with van der Waals surface area (Å²) in [6, 6.07) is -0.250. The summed E-state index contributed by atoms with van der Waals surface area (Å²) in [7, 11) is 3.39. The standard InChI is InChI=1S/C6H13F3O3Si.C4H12O3Si/c1-10-13(11-2,12-3)5-4-6(7,8)9;1-5-8(4,6-2)7-3/h4-5H2,1-3H3;1-4H3. The van der Waals surface area contributed by atoms with Gasteiger partial charge in [-0.1, -0.05) is 0 Å². The highest BCUT2D eigenvalue weighted by Crippen LogP contribution is 2.26. The SMILES string of the molecule is CO[Si](C)(OC)OC.CO[Si](CCC(F)(F)F)(OC)OC. The molecule has 0 unspecified atom stereocenters. The molecule has 0 rings (SSSR count). The first-order valence-corrected chi connectivity index (χ1v) is 10.1. The van der Waals surface area contributed by atoms with Crippen LogP contribution in [-0.2, 0) is 26.6 Å². The van der Waals surface area contributed by atoms with Crippen LogP contribution in [0.15, 0.2) is 0 Å². The van der Waals surface area contributed by atoms with Gasteiger partial charge in [-0.3, -0.25) is 0 Å². The smallest absolute Gasteiger partial charge is 0.377 e. The molecule has 11 heteroatoms. The van der Waals surface area contributed by atoms with E-state index in [4.69, 9.17) is 26.6 Å². The zero-order valence-corrected chi connectivity index (χ0v) is 15.5. The molecule has 0 fully saturated rings. The zero-order chi connectivity index (χ0) is 17.2. The highest BCUT2D eigenvalue weighted by Gasteiger charge is 2.42. The quantitative estimate of drug-likeness (QED) is 0.624. The summed E-state index contributed by atoms with van der Waals surface area (Å²) in [5.74, 6) is 0. The first-order valence-electron chi connectivity index (χ1n) is 5.95. The van der Waals surface area contributed by atoms with Crippen molar-refractivity contribution in [2.75, 3.05) is 42.7 Å². The van der Waals surface area contributed by atoms with Crippen molar-refractivity contribution < 1.29 is 39.7 Å². The van der Waals surface area contributed by atoms with Crippen molar-refractivity contribution in [3.8, 4) is 0 Å². The molecular weight excluding hydrogens is 329 g/mol. The van der Waals surface area contributed by atoms with E-state index < -0.39 is 30.2 Å². The van der Waals surface area contributed by atoms with Crippen LogP contribution in [0.4, 0.5) is 13.2 Å². The molecule has 0 aromatic carbocycles. The molecule has 0 amide bonds. The van der Waals surface area contributed by atoms with Crippen LogP contribution < -0.4 is 0 Å². The molecule has 0 aliphatic rings. The normalized spacial score (nSPS) is 12.9. The van der Waals surface area contributed by atoms with E-state index in [1.54, 1.807) is 21.3 Å². The van der Waals surface area contributed by atoms with Crippen molar-refractivity contribution in [1.29, 1.82) is 0 Å². The van der Waals surface area contributed by atoms with Crippen molar-refractivity contribution in [3.05, 3.63) is 0 Å². The molecule has 0 aliphatic heterocycles. The van der Waals surface area contributed by atoms with Crippen LogP contribution in [0.5, 0.6) is 0 Å². The van der Waals surface area contributed by atoms with Crippen LogP contribution in [0.25, 0.3) is 0 Å². The molecule has 0 aliphatic carbocycles. The number of hydrogen-bond donors (Lipinski definition) is 0. The maximum atomic E-state index is 11.9. The van der Waals surface area contributed by atoms with E-state index in [1.165, 1.54) is 21.3 Å². The number of alkyl halides is 3. The summed E-state index contributed by atoms with van der Waals surface area (Å²) in [6.45, 7) is 1.83. The Morgan fingerprint density at radius 2 is 1.05 bits per heavy atom. The Morgan fingerprint density at radius 3 is 1.19 bits per heavy atom. The topological polar surface area (TPSA) is 55.4 Å². The molecule has 6 nitrogen and oxygen atoms in total. The zero-order valence-electron chi connectivity index (χ0n) is 13.5. The molecule has 0 bridgehead atoms. The molecule has 0 heterocycles. The molecule has 0 N–H and O–H groups in total. The molecule has 21 heavy (non-hydrogen) atoms. The Balaban J connectivity index is 0. The number of rotatable bonds is 8. The fourth-order valence-electron chi connectivity index (χ4n) is 1.10. The predicted octanol–water partition coefficient (Wildman–Crippen LogP) is 2.31. The maximum Gasteiger partial charge on any atom is 0.500 e. The fraction of sp³-hybridized carbons (Fsp3) is 1.00. The van der Waals surface area contributed by atoms with Gasteiger partial charge in [-0.15, -0.1) is 0 Å². The van der Waals surface area contributed by atoms with Gasteiger partial charge in [0.15, 0.2) is 0 Å². The van der Waals surface area contributed by atoms with E-state index >= 15 is 0 Å². The lowest BCUT2D eigenvalue weighted by Gasteiger charge is -2.24. The maximum absolute atomic E-state index is 11.9. The van der Waals surface area contributed by atoms with Crippen molar-refractivity contribution in [1.82, 2.24) is 0 Å². The average molecular weight is 354 g/mol. The van der Waals surface area contributed by atoms with Gasteiger partial charge in [0.05, 0.1) is 0 Å². The van der Waals surface area contributed by atoms with Gasteiger partial charge < -0.3 is 26.6 Å². The molecule has 0 saturated heterocycles. The van der Waals surface area contributed by atoms with E-state index in [2.05, 4.69) is 0 Å². The molecule has 0 atom stereocenters. The van der Waals surface area contributed by atoms with Crippen molar-refractivity contribution >= 4 is 17.6 Å². The lowest BCUT2D eigenvalue weighted by Crippen LogP contribution is -2.43.